The Labute approximate surface area is 233 Å². The lowest BCUT2D eigenvalue weighted by Crippen LogP contribution is -2.52. The Bertz CT molecular complexity index is 961. The van der Waals surface area contributed by atoms with Crippen LogP contribution in [-0.2, 0) is 0 Å². The van der Waals surface area contributed by atoms with Gasteiger partial charge in [0.15, 0.2) is 0 Å². The molecule has 3 heterocycles. The van der Waals surface area contributed by atoms with E-state index >= 15 is 0 Å². The van der Waals surface area contributed by atoms with Crippen LogP contribution in [0.15, 0.2) is 41.1 Å². The van der Waals surface area contributed by atoms with Crippen LogP contribution in [0.1, 0.15) is 58.4 Å². The summed E-state index contributed by atoms with van der Waals surface area (Å²) in [5, 5.41) is 12.7. The van der Waals surface area contributed by atoms with Crippen LogP contribution >= 0.6 is 8.58 Å². The predicted octanol–water partition coefficient (Wildman–Crippen LogP) is 4.43. The van der Waals surface area contributed by atoms with Gasteiger partial charge in [0.25, 0.3) is 0 Å². The number of rotatable bonds is 10. The molecule has 0 radical (unpaired) electrons. The van der Waals surface area contributed by atoms with Gasteiger partial charge in [-0.25, -0.2) is 0 Å². The first kappa shape index (κ1) is 29.0. The predicted molar refractivity (Wildman–Crippen MR) is 166 cm³/mol. The largest absolute Gasteiger partial charge is 0.402 e. The molecule has 5 N–H and O–H groups in total. The maximum atomic E-state index is 6.62. The molecule has 0 amide bonds. The molecule has 3 atom stereocenters. The average Bonchev–Trinajstić information content (AvgIpc) is 2.92. The summed E-state index contributed by atoms with van der Waals surface area (Å²) in [6, 6.07) is 7.65. The van der Waals surface area contributed by atoms with Gasteiger partial charge in [-0.3, -0.25) is 4.90 Å². The fraction of sp³-hybridized carbons (Fsp3) is 0.667. The van der Waals surface area contributed by atoms with E-state index in [2.05, 4.69) is 89.7 Å². The van der Waals surface area contributed by atoms with Gasteiger partial charge >= 0.3 is 0 Å². The number of benzene rings is 1. The van der Waals surface area contributed by atoms with E-state index in [1.807, 2.05) is 0 Å². The van der Waals surface area contributed by atoms with Crippen LogP contribution in [0.25, 0.3) is 0 Å². The second-order valence-electron chi connectivity index (χ2n) is 11.2. The minimum atomic E-state index is 0.0652. The standard InChI is InChI=1S/C30H52N7P/c1-6-9-25(31)28-30(34-29(32-14-7-2)27(8-3)38-28)33-23-10-11-26(22(4)21-23)37-15-12-24(13-16-37)36-19-17-35(5)18-20-36/h9-11,21,24,28,30,32-34,38H,6-8,12-20,31H2,1-5H3/b25-9-. The Kier molecular flexibility index (Phi) is 10.6. The fourth-order valence-electron chi connectivity index (χ4n) is 6.05. The third-order valence-electron chi connectivity index (χ3n) is 8.35. The molecule has 2 fully saturated rings. The number of anilines is 2. The fourth-order valence-corrected chi connectivity index (χ4v) is 7.55. The summed E-state index contributed by atoms with van der Waals surface area (Å²) >= 11 is 0. The number of hydrogen-bond acceptors (Lipinski definition) is 7. The van der Waals surface area contributed by atoms with E-state index in [0.717, 1.165) is 56.3 Å². The Morgan fingerprint density at radius 2 is 1.84 bits per heavy atom. The monoisotopic (exact) mass is 541 g/mol. The molecule has 0 saturated carbocycles. The number of piperazine rings is 1. The summed E-state index contributed by atoms with van der Waals surface area (Å²) < 4.78 is 0. The molecule has 3 aliphatic heterocycles. The topological polar surface area (TPSA) is 71.8 Å². The lowest BCUT2D eigenvalue weighted by atomic mass is 10.0. The van der Waals surface area contributed by atoms with Crippen molar-refractivity contribution >= 4 is 20.0 Å². The Hall–Kier alpha value is -1.95. The Balaban J connectivity index is 1.42. The highest BCUT2D eigenvalue weighted by molar-refractivity contribution is 7.44. The van der Waals surface area contributed by atoms with Crippen molar-refractivity contribution in [3.05, 3.63) is 46.7 Å². The van der Waals surface area contributed by atoms with Gasteiger partial charge in [0.1, 0.15) is 12.0 Å². The molecule has 8 heteroatoms. The molecular formula is C30H52N7P. The SMILES string of the molecule is CC/C=C(\N)C1PC(CC)=C(NCCC)NC1Nc1ccc(N2CCC(N3CCN(C)CC3)CC2)c(C)c1. The lowest BCUT2D eigenvalue weighted by molar-refractivity contribution is 0.0982. The molecule has 212 valence electrons. The molecule has 38 heavy (non-hydrogen) atoms. The molecule has 3 aliphatic rings. The van der Waals surface area contributed by atoms with Gasteiger partial charge in [-0.15, -0.1) is 0 Å². The number of allylic oxidation sites excluding steroid dienone is 2. The van der Waals surface area contributed by atoms with Crippen molar-refractivity contribution in [1.82, 2.24) is 20.4 Å². The van der Waals surface area contributed by atoms with Crippen molar-refractivity contribution in [3.63, 3.8) is 0 Å². The molecule has 1 aromatic carbocycles. The van der Waals surface area contributed by atoms with Gasteiger partial charge < -0.3 is 31.5 Å². The molecular weight excluding hydrogens is 489 g/mol. The van der Waals surface area contributed by atoms with Crippen molar-refractivity contribution in [3.8, 4) is 0 Å². The molecule has 3 unspecified atom stereocenters. The average molecular weight is 542 g/mol. The van der Waals surface area contributed by atoms with Gasteiger partial charge in [-0.2, -0.15) is 0 Å². The molecule has 7 nitrogen and oxygen atoms in total. The van der Waals surface area contributed by atoms with Crippen molar-refractivity contribution in [2.75, 3.05) is 63.1 Å². The van der Waals surface area contributed by atoms with E-state index in [9.17, 15) is 0 Å². The van der Waals surface area contributed by atoms with Crippen LogP contribution in [-0.4, -0.2) is 80.5 Å². The zero-order valence-corrected chi connectivity index (χ0v) is 25.4. The zero-order chi connectivity index (χ0) is 27.1. The summed E-state index contributed by atoms with van der Waals surface area (Å²) in [5.74, 6) is 1.20. The van der Waals surface area contributed by atoms with Crippen LogP contribution in [0.3, 0.4) is 0 Å². The minimum absolute atomic E-state index is 0.0652. The van der Waals surface area contributed by atoms with Gasteiger partial charge in [0.05, 0.1) is 5.66 Å². The van der Waals surface area contributed by atoms with E-state index in [1.165, 1.54) is 61.4 Å². The third kappa shape index (κ3) is 7.16. The summed E-state index contributed by atoms with van der Waals surface area (Å²) in [4.78, 5) is 7.78. The van der Waals surface area contributed by atoms with Crippen LogP contribution in [0.2, 0.25) is 0 Å². The third-order valence-corrected chi connectivity index (χ3v) is 10.3. The first-order valence-electron chi connectivity index (χ1n) is 14.9. The van der Waals surface area contributed by atoms with E-state index < -0.39 is 0 Å². The summed E-state index contributed by atoms with van der Waals surface area (Å²) in [6.07, 6.45) is 7.89. The van der Waals surface area contributed by atoms with Crippen LogP contribution < -0.4 is 26.6 Å². The van der Waals surface area contributed by atoms with Gasteiger partial charge in [0, 0.05) is 68.9 Å². The van der Waals surface area contributed by atoms with Crippen molar-refractivity contribution in [1.29, 1.82) is 0 Å². The first-order chi connectivity index (χ1) is 18.4. The maximum absolute atomic E-state index is 6.62. The van der Waals surface area contributed by atoms with E-state index in [1.54, 1.807) is 0 Å². The molecule has 2 saturated heterocycles. The normalized spacial score (nSPS) is 25.1. The molecule has 0 aromatic heterocycles. The summed E-state index contributed by atoms with van der Waals surface area (Å²) in [6.45, 7) is 17.0. The lowest BCUT2D eigenvalue weighted by Gasteiger charge is -2.43. The van der Waals surface area contributed by atoms with E-state index in [-0.39, 0.29) is 11.8 Å². The van der Waals surface area contributed by atoms with Gasteiger partial charge in [0.2, 0.25) is 0 Å². The second-order valence-corrected chi connectivity index (χ2v) is 12.7. The highest BCUT2D eigenvalue weighted by Crippen LogP contribution is 2.41. The molecule has 0 spiro atoms. The highest BCUT2D eigenvalue weighted by atomic mass is 31.1. The van der Waals surface area contributed by atoms with Crippen LogP contribution in [0, 0.1) is 6.92 Å². The second kappa shape index (κ2) is 13.9. The first-order valence-corrected chi connectivity index (χ1v) is 16.0. The molecule has 0 aliphatic carbocycles. The molecule has 1 aromatic rings. The van der Waals surface area contributed by atoms with Gasteiger partial charge in [-0.05, 0) is 75.2 Å². The number of nitrogens with zero attached hydrogens (tertiary/aromatic N) is 3. The quantitative estimate of drug-likeness (QED) is 0.327. The van der Waals surface area contributed by atoms with Crippen LogP contribution in [0.5, 0.6) is 0 Å². The maximum Gasteiger partial charge on any atom is 0.110 e. The van der Waals surface area contributed by atoms with E-state index in [0.29, 0.717) is 8.58 Å². The van der Waals surface area contributed by atoms with E-state index in [4.69, 9.17) is 5.73 Å². The Morgan fingerprint density at radius 1 is 1.11 bits per heavy atom. The highest BCUT2D eigenvalue weighted by Gasteiger charge is 2.31. The number of aryl methyl sites for hydroxylation is 1. The number of nitrogens with one attached hydrogen (secondary N) is 3. The number of likely N-dealkylation sites (N-methyl/N-ethyl adjacent to an activating group) is 1. The Morgan fingerprint density at radius 3 is 2.47 bits per heavy atom. The van der Waals surface area contributed by atoms with Crippen molar-refractivity contribution in [2.45, 2.75) is 77.7 Å². The van der Waals surface area contributed by atoms with Crippen molar-refractivity contribution in [2.24, 2.45) is 5.73 Å². The van der Waals surface area contributed by atoms with Crippen LogP contribution in [0.4, 0.5) is 11.4 Å². The smallest absolute Gasteiger partial charge is 0.110 e. The minimum Gasteiger partial charge on any atom is -0.402 e. The zero-order valence-electron chi connectivity index (χ0n) is 24.4. The summed E-state index contributed by atoms with van der Waals surface area (Å²) in [7, 11) is 2.92. The number of nitrogens with two attached hydrogens (primary N) is 1. The van der Waals surface area contributed by atoms with Crippen molar-refractivity contribution < 1.29 is 0 Å². The summed E-state index contributed by atoms with van der Waals surface area (Å²) in [5.41, 5.74) is 11.7. The number of hydrogen-bond donors (Lipinski definition) is 4. The molecule has 4 rings (SSSR count). The number of piperidine rings is 1. The van der Waals surface area contributed by atoms with Gasteiger partial charge in [-0.1, -0.05) is 35.4 Å². The molecule has 0 bridgehead atoms.